The molecular formula is C12H11IN2O4S2. The SMILES string of the molecule is O=C(O)c1csc(CCNS(=O)(=O)c2ccc(I)cc2)n1. The minimum atomic E-state index is -3.55. The van der Waals surface area contributed by atoms with Crippen molar-refractivity contribution in [3.63, 3.8) is 0 Å². The molecule has 1 aromatic carbocycles. The molecule has 0 fully saturated rings. The van der Waals surface area contributed by atoms with Crippen LogP contribution < -0.4 is 4.72 Å². The molecule has 0 atom stereocenters. The molecule has 2 N–H and O–H groups in total. The second-order valence-corrected chi connectivity index (χ2v) is 7.99. The summed E-state index contributed by atoms with van der Waals surface area (Å²) in [6, 6.07) is 6.51. The van der Waals surface area contributed by atoms with Crippen LogP contribution in [0.4, 0.5) is 0 Å². The van der Waals surface area contributed by atoms with Crippen molar-refractivity contribution in [3.8, 4) is 0 Å². The summed E-state index contributed by atoms with van der Waals surface area (Å²) in [5.74, 6) is -1.09. The average Bonchev–Trinajstić information content (AvgIpc) is 2.88. The van der Waals surface area contributed by atoms with Gasteiger partial charge >= 0.3 is 5.97 Å². The number of nitrogens with one attached hydrogen (secondary N) is 1. The first-order valence-electron chi connectivity index (χ1n) is 5.81. The fourth-order valence-electron chi connectivity index (χ4n) is 1.51. The standard InChI is InChI=1S/C12H11IN2O4S2/c13-8-1-3-9(4-2-8)21(18,19)14-6-5-11-15-10(7-20-11)12(16)17/h1-4,7,14H,5-6H2,(H,16,17). The Labute approximate surface area is 139 Å². The van der Waals surface area contributed by atoms with Crippen molar-refractivity contribution in [2.75, 3.05) is 6.54 Å². The van der Waals surface area contributed by atoms with E-state index in [1.165, 1.54) is 28.8 Å². The van der Waals surface area contributed by atoms with E-state index in [0.29, 0.717) is 11.4 Å². The number of rotatable bonds is 6. The molecule has 2 aromatic rings. The lowest BCUT2D eigenvalue weighted by atomic mass is 10.4. The molecule has 0 unspecified atom stereocenters. The van der Waals surface area contributed by atoms with Crippen LogP contribution in [0.3, 0.4) is 0 Å². The lowest BCUT2D eigenvalue weighted by Gasteiger charge is -2.05. The number of hydrogen-bond acceptors (Lipinski definition) is 5. The fourth-order valence-corrected chi connectivity index (χ4v) is 3.68. The van der Waals surface area contributed by atoms with Crippen LogP contribution in [0.1, 0.15) is 15.5 Å². The van der Waals surface area contributed by atoms with Gasteiger partial charge in [0.15, 0.2) is 5.69 Å². The third-order valence-electron chi connectivity index (χ3n) is 2.53. The van der Waals surface area contributed by atoms with E-state index in [2.05, 4.69) is 32.3 Å². The highest BCUT2D eigenvalue weighted by Crippen LogP contribution is 2.13. The van der Waals surface area contributed by atoms with E-state index >= 15 is 0 Å². The first kappa shape index (κ1) is 16.3. The van der Waals surface area contributed by atoms with Crippen molar-refractivity contribution in [1.82, 2.24) is 9.71 Å². The molecule has 6 nitrogen and oxygen atoms in total. The quantitative estimate of drug-likeness (QED) is 0.673. The molecule has 1 heterocycles. The zero-order chi connectivity index (χ0) is 15.5. The molecule has 0 aliphatic heterocycles. The zero-order valence-electron chi connectivity index (χ0n) is 10.6. The summed E-state index contributed by atoms with van der Waals surface area (Å²) in [7, 11) is -3.55. The molecule has 0 saturated heterocycles. The van der Waals surface area contributed by atoms with Gasteiger partial charge in [0.2, 0.25) is 10.0 Å². The summed E-state index contributed by atoms with van der Waals surface area (Å²) in [5, 5.41) is 10.8. The smallest absolute Gasteiger partial charge is 0.355 e. The zero-order valence-corrected chi connectivity index (χ0v) is 14.4. The molecule has 0 aliphatic carbocycles. The molecule has 2 rings (SSSR count). The highest BCUT2D eigenvalue weighted by atomic mass is 127. The van der Waals surface area contributed by atoms with E-state index in [1.54, 1.807) is 12.1 Å². The highest BCUT2D eigenvalue weighted by molar-refractivity contribution is 14.1. The number of aromatic carboxylic acids is 1. The van der Waals surface area contributed by atoms with Crippen LogP contribution in [0, 0.1) is 3.57 Å². The summed E-state index contributed by atoms with van der Waals surface area (Å²) in [6.07, 6.45) is 0.349. The normalized spacial score (nSPS) is 11.5. The van der Waals surface area contributed by atoms with E-state index in [-0.39, 0.29) is 17.1 Å². The number of carbonyl (C=O) groups is 1. The summed E-state index contributed by atoms with van der Waals surface area (Å²) in [4.78, 5) is 14.8. The summed E-state index contributed by atoms with van der Waals surface area (Å²) in [6.45, 7) is 0.168. The van der Waals surface area contributed by atoms with E-state index in [0.717, 1.165) is 3.57 Å². The van der Waals surface area contributed by atoms with Gasteiger partial charge in [0.05, 0.1) is 9.90 Å². The van der Waals surface area contributed by atoms with Crippen molar-refractivity contribution in [2.24, 2.45) is 0 Å². The number of halogens is 1. The lowest BCUT2D eigenvalue weighted by Crippen LogP contribution is -2.26. The predicted molar refractivity (Wildman–Crippen MR) is 87.1 cm³/mol. The van der Waals surface area contributed by atoms with Gasteiger partial charge in [0, 0.05) is 21.9 Å². The van der Waals surface area contributed by atoms with Gasteiger partial charge in [-0.3, -0.25) is 0 Å². The van der Waals surface area contributed by atoms with Crippen LogP contribution in [0.2, 0.25) is 0 Å². The second kappa shape index (κ2) is 6.81. The molecule has 0 amide bonds. The van der Waals surface area contributed by atoms with Crippen LogP contribution in [0.5, 0.6) is 0 Å². The van der Waals surface area contributed by atoms with Crippen LogP contribution in [0.15, 0.2) is 34.5 Å². The molecule has 0 bridgehead atoms. The first-order chi connectivity index (χ1) is 9.88. The molecule has 9 heteroatoms. The minimum absolute atomic E-state index is 0.0181. The fraction of sp³-hybridized carbons (Fsp3) is 0.167. The molecule has 0 spiro atoms. The van der Waals surface area contributed by atoms with Gasteiger partial charge in [-0.15, -0.1) is 11.3 Å². The monoisotopic (exact) mass is 438 g/mol. The van der Waals surface area contributed by atoms with Gasteiger partial charge in [-0.05, 0) is 46.9 Å². The third-order valence-corrected chi connectivity index (χ3v) is 5.63. The van der Waals surface area contributed by atoms with Crippen molar-refractivity contribution in [2.45, 2.75) is 11.3 Å². The van der Waals surface area contributed by atoms with Crippen LogP contribution >= 0.6 is 33.9 Å². The van der Waals surface area contributed by atoms with Crippen LogP contribution in [-0.4, -0.2) is 31.0 Å². The van der Waals surface area contributed by atoms with Gasteiger partial charge < -0.3 is 5.11 Å². The molecule has 0 radical (unpaired) electrons. The van der Waals surface area contributed by atoms with Crippen molar-refractivity contribution >= 4 is 49.9 Å². The number of nitrogens with zero attached hydrogens (tertiary/aromatic N) is 1. The molecule has 112 valence electrons. The van der Waals surface area contributed by atoms with Gasteiger partial charge in [-0.25, -0.2) is 22.9 Å². The number of thiazole rings is 1. The Morgan fingerprint density at radius 3 is 2.57 bits per heavy atom. The van der Waals surface area contributed by atoms with Gasteiger partial charge in [0.25, 0.3) is 0 Å². The Kier molecular flexibility index (Phi) is 5.30. The van der Waals surface area contributed by atoms with Crippen LogP contribution in [0.25, 0.3) is 0 Å². The highest BCUT2D eigenvalue weighted by Gasteiger charge is 2.14. The third kappa shape index (κ3) is 4.46. The predicted octanol–water partition coefficient (Wildman–Crippen LogP) is 1.97. The van der Waals surface area contributed by atoms with Gasteiger partial charge in [-0.2, -0.15) is 0 Å². The number of benzene rings is 1. The van der Waals surface area contributed by atoms with Crippen molar-refractivity contribution < 1.29 is 18.3 Å². The maximum atomic E-state index is 12.0. The number of carboxylic acids is 1. The second-order valence-electron chi connectivity index (χ2n) is 4.03. The molecule has 1 aromatic heterocycles. The Balaban J connectivity index is 1.95. The van der Waals surface area contributed by atoms with Crippen LogP contribution in [-0.2, 0) is 16.4 Å². The first-order valence-corrected chi connectivity index (χ1v) is 9.25. The Bertz CT molecular complexity index is 741. The Hall–Kier alpha value is -1.04. The molecule has 21 heavy (non-hydrogen) atoms. The lowest BCUT2D eigenvalue weighted by molar-refractivity contribution is 0.0691. The average molecular weight is 438 g/mol. The molecule has 0 saturated carbocycles. The van der Waals surface area contributed by atoms with Gasteiger partial charge in [-0.1, -0.05) is 0 Å². The maximum absolute atomic E-state index is 12.0. The van der Waals surface area contributed by atoms with E-state index in [1.807, 2.05) is 0 Å². The van der Waals surface area contributed by atoms with E-state index < -0.39 is 16.0 Å². The number of hydrogen-bond donors (Lipinski definition) is 2. The number of carboxylic acid groups (broad SMARTS) is 1. The number of sulfonamides is 1. The van der Waals surface area contributed by atoms with Crippen molar-refractivity contribution in [1.29, 1.82) is 0 Å². The molecular weight excluding hydrogens is 427 g/mol. The Morgan fingerprint density at radius 1 is 1.33 bits per heavy atom. The maximum Gasteiger partial charge on any atom is 0.355 e. The van der Waals surface area contributed by atoms with Crippen molar-refractivity contribution in [3.05, 3.63) is 43.9 Å². The van der Waals surface area contributed by atoms with E-state index in [9.17, 15) is 13.2 Å². The topological polar surface area (TPSA) is 96.4 Å². The minimum Gasteiger partial charge on any atom is -0.476 e. The summed E-state index contributed by atoms with van der Waals surface area (Å²) in [5.41, 5.74) is -0.0181. The Morgan fingerprint density at radius 2 is 2.00 bits per heavy atom. The summed E-state index contributed by atoms with van der Waals surface area (Å²) < 4.78 is 27.5. The molecule has 0 aliphatic rings. The summed E-state index contributed by atoms with van der Waals surface area (Å²) >= 11 is 3.30. The largest absolute Gasteiger partial charge is 0.476 e. The number of aromatic nitrogens is 1. The van der Waals surface area contributed by atoms with Gasteiger partial charge in [0.1, 0.15) is 0 Å². The van der Waals surface area contributed by atoms with E-state index in [4.69, 9.17) is 5.11 Å².